The number of hydrogen-bond donors (Lipinski definition) is 4. The molecule has 1 atom stereocenters. The zero-order valence-electron chi connectivity index (χ0n) is 13.7. The fraction of sp³-hybridized carbons (Fsp3) is 0.118. The van der Waals surface area contributed by atoms with Gasteiger partial charge in [0.05, 0.1) is 5.69 Å². The molecule has 0 bridgehead atoms. The summed E-state index contributed by atoms with van der Waals surface area (Å²) in [4.78, 5) is 26.9. The van der Waals surface area contributed by atoms with Crippen molar-refractivity contribution < 1.29 is 35.8 Å². The van der Waals surface area contributed by atoms with Crippen molar-refractivity contribution in [2.24, 2.45) is 16.5 Å². The van der Waals surface area contributed by atoms with Crippen molar-refractivity contribution in [1.29, 1.82) is 0 Å². The zero-order chi connectivity index (χ0) is 18.4. The number of nitrogens with two attached hydrogens (primary N) is 2. The van der Waals surface area contributed by atoms with Crippen LogP contribution >= 0.6 is 0 Å². The van der Waals surface area contributed by atoms with Gasteiger partial charge in [-0.1, -0.05) is 18.2 Å². The Labute approximate surface area is 164 Å². The number of benzene rings is 2. The van der Waals surface area contributed by atoms with Crippen LogP contribution in [-0.2, 0) is 32.3 Å². The molecule has 2 rings (SSSR count). The van der Waals surface area contributed by atoms with Crippen LogP contribution in [-0.4, -0.2) is 29.0 Å². The SMILES string of the molecule is [NH-]C(Cc1ccc(NC(=O)c2cccc(N=C(N)N)c2)cc1)C(=O)O.[W]. The van der Waals surface area contributed by atoms with E-state index in [0.717, 1.165) is 0 Å². The summed E-state index contributed by atoms with van der Waals surface area (Å²) in [5.74, 6) is -1.59. The number of guanidine groups is 1. The Hall–Kier alpha value is -2.70. The maximum Gasteiger partial charge on any atom is 0.285 e. The Morgan fingerprint density at radius 2 is 1.81 bits per heavy atom. The number of anilines is 1. The summed E-state index contributed by atoms with van der Waals surface area (Å²) in [6, 6.07) is 12.0. The number of carboxylic acid groups (broad SMARTS) is 1. The van der Waals surface area contributed by atoms with Gasteiger partial charge in [-0.25, -0.2) is 4.99 Å². The van der Waals surface area contributed by atoms with E-state index in [0.29, 0.717) is 22.5 Å². The first-order chi connectivity index (χ1) is 11.8. The second-order valence-electron chi connectivity index (χ2n) is 5.33. The van der Waals surface area contributed by atoms with Gasteiger partial charge in [0.2, 0.25) is 0 Å². The van der Waals surface area contributed by atoms with Gasteiger partial charge in [-0.3, -0.25) is 9.59 Å². The molecule has 0 radical (unpaired) electrons. The molecule has 0 saturated carbocycles. The van der Waals surface area contributed by atoms with Crippen molar-refractivity contribution in [1.82, 2.24) is 0 Å². The maximum absolute atomic E-state index is 12.3. The number of amides is 1. The van der Waals surface area contributed by atoms with Gasteiger partial charge in [-0.15, -0.1) is 0 Å². The Bertz CT molecular complexity index is 804. The number of carbonyl (C=O) groups excluding carboxylic acids is 1. The molecule has 0 fully saturated rings. The number of carbonyl (C=O) groups is 2. The van der Waals surface area contributed by atoms with Crippen LogP contribution in [0.1, 0.15) is 15.9 Å². The number of aliphatic carboxylic acids is 1. The van der Waals surface area contributed by atoms with Crippen LogP contribution in [0.5, 0.6) is 0 Å². The maximum atomic E-state index is 12.3. The Kier molecular flexibility index (Phi) is 7.96. The third-order valence-electron chi connectivity index (χ3n) is 3.32. The van der Waals surface area contributed by atoms with E-state index in [9.17, 15) is 9.59 Å². The molecule has 0 spiro atoms. The molecule has 1 unspecified atom stereocenters. The summed E-state index contributed by atoms with van der Waals surface area (Å²) in [5, 5.41) is 11.5. The molecule has 26 heavy (non-hydrogen) atoms. The molecule has 2 aromatic carbocycles. The van der Waals surface area contributed by atoms with E-state index >= 15 is 0 Å². The third-order valence-corrected chi connectivity index (χ3v) is 3.32. The minimum absolute atomic E-state index is 0. The molecule has 0 heterocycles. The first-order valence-electron chi connectivity index (χ1n) is 7.39. The van der Waals surface area contributed by atoms with Gasteiger partial charge in [0.15, 0.2) is 5.96 Å². The average molecular weight is 524 g/mol. The standard InChI is InChI=1S/C17H18N5O3.W/c18-14(16(24)25)8-10-4-6-12(7-5-10)21-15(23)11-2-1-3-13(9-11)22-17(19)20;/h1-7,9,14,18H,8H2,(H,21,23)(H,24,25)(H4,19,20,22);/q-1;. The van der Waals surface area contributed by atoms with Crippen molar-refractivity contribution in [3.63, 3.8) is 0 Å². The molecule has 1 amide bonds. The Balaban J connectivity index is 0.00000338. The van der Waals surface area contributed by atoms with Gasteiger partial charge in [0, 0.05) is 32.3 Å². The summed E-state index contributed by atoms with van der Waals surface area (Å²) in [7, 11) is 0. The molecular weight excluding hydrogens is 506 g/mol. The van der Waals surface area contributed by atoms with E-state index < -0.39 is 12.0 Å². The zero-order valence-corrected chi connectivity index (χ0v) is 16.6. The number of carboxylic acids is 1. The fourth-order valence-electron chi connectivity index (χ4n) is 2.12. The number of aliphatic imine (C=N–C) groups is 1. The molecule has 136 valence electrons. The number of rotatable bonds is 6. The predicted octanol–water partition coefficient (Wildman–Crippen LogP) is 1.89. The molecule has 0 saturated heterocycles. The monoisotopic (exact) mass is 524 g/mol. The van der Waals surface area contributed by atoms with Gasteiger partial charge < -0.3 is 27.6 Å². The van der Waals surface area contributed by atoms with Crippen molar-refractivity contribution in [2.75, 3.05) is 5.32 Å². The minimum Gasteiger partial charge on any atom is -0.665 e. The van der Waals surface area contributed by atoms with E-state index in [-0.39, 0.29) is 39.4 Å². The third kappa shape index (κ3) is 6.31. The fourth-order valence-corrected chi connectivity index (χ4v) is 2.12. The molecule has 0 aromatic heterocycles. The van der Waals surface area contributed by atoms with Gasteiger partial charge in [-0.05, 0) is 48.4 Å². The number of nitrogens with one attached hydrogen (secondary N) is 2. The Morgan fingerprint density at radius 3 is 2.38 bits per heavy atom. The average Bonchev–Trinajstić information content (AvgIpc) is 2.56. The van der Waals surface area contributed by atoms with Crippen LogP contribution in [0, 0.1) is 0 Å². The van der Waals surface area contributed by atoms with Crippen LogP contribution in [0.15, 0.2) is 53.5 Å². The van der Waals surface area contributed by atoms with Crippen LogP contribution in [0.4, 0.5) is 11.4 Å². The van der Waals surface area contributed by atoms with Crippen LogP contribution in [0.2, 0.25) is 0 Å². The summed E-state index contributed by atoms with van der Waals surface area (Å²) in [6.07, 6.45) is 0.101. The largest absolute Gasteiger partial charge is 0.665 e. The molecule has 0 aliphatic heterocycles. The topological polar surface area (TPSA) is 155 Å². The quantitative estimate of drug-likeness (QED) is 0.336. The summed E-state index contributed by atoms with van der Waals surface area (Å²) >= 11 is 0. The van der Waals surface area contributed by atoms with Gasteiger partial charge in [0.25, 0.3) is 11.9 Å². The van der Waals surface area contributed by atoms with Crippen molar-refractivity contribution in [2.45, 2.75) is 12.5 Å². The van der Waals surface area contributed by atoms with Crippen molar-refractivity contribution >= 4 is 29.2 Å². The molecular formula is C17H18N5O3W-. The first-order valence-corrected chi connectivity index (χ1v) is 7.39. The van der Waals surface area contributed by atoms with Gasteiger partial charge in [0.1, 0.15) is 0 Å². The van der Waals surface area contributed by atoms with Crippen LogP contribution in [0.25, 0.3) is 5.73 Å². The molecule has 9 heteroatoms. The number of nitrogens with zero attached hydrogens (tertiary/aromatic N) is 1. The summed E-state index contributed by atoms with van der Waals surface area (Å²) in [6.45, 7) is 0. The second-order valence-corrected chi connectivity index (χ2v) is 5.33. The van der Waals surface area contributed by atoms with E-state index in [1.165, 1.54) is 0 Å². The summed E-state index contributed by atoms with van der Waals surface area (Å²) in [5.41, 5.74) is 20.2. The van der Waals surface area contributed by atoms with Crippen molar-refractivity contribution in [3.05, 3.63) is 65.4 Å². The minimum atomic E-state index is -1.21. The normalized spacial score (nSPS) is 11.0. The first kappa shape index (κ1) is 21.3. The van der Waals surface area contributed by atoms with E-state index in [2.05, 4.69) is 10.3 Å². The van der Waals surface area contributed by atoms with Gasteiger partial charge in [-0.2, -0.15) is 0 Å². The summed E-state index contributed by atoms with van der Waals surface area (Å²) < 4.78 is 0. The Morgan fingerprint density at radius 1 is 1.15 bits per heavy atom. The van der Waals surface area contributed by atoms with Crippen LogP contribution in [0.3, 0.4) is 0 Å². The second kappa shape index (κ2) is 9.70. The van der Waals surface area contributed by atoms with E-state index in [1.54, 1.807) is 48.5 Å². The molecule has 2 aromatic rings. The smallest absolute Gasteiger partial charge is 0.285 e. The molecule has 8 nitrogen and oxygen atoms in total. The predicted molar refractivity (Wildman–Crippen MR) is 95.8 cm³/mol. The molecule has 7 N–H and O–H groups in total. The molecule has 0 aliphatic rings. The number of hydrogen-bond acceptors (Lipinski definition) is 3. The van der Waals surface area contributed by atoms with E-state index in [1.807, 2.05) is 0 Å². The van der Waals surface area contributed by atoms with Crippen molar-refractivity contribution in [3.8, 4) is 0 Å². The van der Waals surface area contributed by atoms with Crippen LogP contribution < -0.4 is 16.8 Å². The van der Waals surface area contributed by atoms with E-state index in [4.69, 9.17) is 22.3 Å². The molecule has 0 aliphatic carbocycles. The van der Waals surface area contributed by atoms with Gasteiger partial charge >= 0.3 is 0 Å².